The molecule has 4 rings (SSSR count). The molecule has 0 amide bonds. The van der Waals surface area contributed by atoms with Gasteiger partial charge < -0.3 is 14.7 Å². The molecule has 0 radical (unpaired) electrons. The Hall–Kier alpha value is -3.15. The molecule has 0 aliphatic heterocycles. The second kappa shape index (κ2) is 14.0. The number of hydrogen-bond donors (Lipinski definition) is 1. The molecule has 0 bridgehead atoms. The number of rotatable bonds is 9. The first-order valence-electron chi connectivity index (χ1n) is 13.6. The lowest BCUT2D eigenvalue weighted by atomic mass is 9.79. The van der Waals surface area contributed by atoms with Crippen molar-refractivity contribution in [3.63, 3.8) is 0 Å². The summed E-state index contributed by atoms with van der Waals surface area (Å²) in [5, 5.41) is 9.87. The van der Waals surface area contributed by atoms with Crippen LogP contribution in [0.15, 0.2) is 48.5 Å². The summed E-state index contributed by atoms with van der Waals surface area (Å²) in [5.41, 5.74) is 2.13. The maximum atomic E-state index is 10.7. The number of carboxylic acid groups (broad SMARTS) is 1. The van der Waals surface area contributed by atoms with E-state index in [9.17, 15) is 4.79 Å². The minimum absolute atomic E-state index is 0.272. The number of aromatic nitrogens is 2. The topological polar surface area (TPSA) is 75.6 Å². The highest BCUT2D eigenvalue weighted by Gasteiger charge is 2.19. The van der Waals surface area contributed by atoms with Crippen LogP contribution in [0.1, 0.15) is 63.8 Å². The van der Waals surface area contributed by atoms with Crippen LogP contribution in [0.4, 0.5) is 5.82 Å². The second-order valence-electron chi connectivity index (χ2n) is 10.8. The van der Waals surface area contributed by atoms with E-state index in [0.717, 1.165) is 46.4 Å². The summed E-state index contributed by atoms with van der Waals surface area (Å²) in [6.07, 6.45) is 9.10. The Morgan fingerprint density at radius 1 is 1.05 bits per heavy atom. The van der Waals surface area contributed by atoms with E-state index in [4.69, 9.17) is 9.84 Å². The summed E-state index contributed by atoms with van der Waals surface area (Å²) in [4.78, 5) is 21.5. The van der Waals surface area contributed by atoms with E-state index in [0.29, 0.717) is 11.7 Å². The Balaban J connectivity index is 0.000000231. The lowest BCUT2D eigenvalue weighted by Gasteiger charge is -2.27. The van der Waals surface area contributed by atoms with E-state index < -0.39 is 5.97 Å². The number of anilines is 1. The van der Waals surface area contributed by atoms with Gasteiger partial charge in [0.05, 0.1) is 5.52 Å². The molecular weight excluding hydrogens is 462 g/mol. The van der Waals surface area contributed by atoms with Gasteiger partial charge in [0.15, 0.2) is 6.61 Å². The van der Waals surface area contributed by atoms with Gasteiger partial charge in [0.25, 0.3) is 0 Å². The van der Waals surface area contributed by atoms with Crippen LogP contribution in [0.3, 0.4) is 0 Å². The molecule has 1 N–H and O–H groups in total. The van der Waals surface area contributed by atoms with Crippen molar-refractivity contribution in [2.75, 3.05) is 25.6 Å². The van der Waals surface area contributed by atoms with Crippen molar-refractivity contribution in [3.05, 3.63) is 59.9 Å². The summed E-state index contributed by atoms with van der Waals surface area (Å²) >= 11 is 0. The van der Waals surface area contributed by atoms with Gasteiger partial charge in [-0.25, -0.2) is 14.8 Å². The molecule has 0 saturated heterocycles. The van der Waals surface area contributed by atoms with E-state index in [1.54, 1.807) is 0 Å². The van der Waals surface area contributed by atoms with Gasteiger partial charge in [0, 0.05) is 19.5 Å². The molecule has 1 aliphatic carbocycles. The third-order valence-electron chi connectivity index (χ3n) is 7.21. The second-order valence-corrected chi connectivity index (χ2v) is 10.8. The number of hydrogen-bond acceptors (Lipinski definition) is 5. The molecule has 2 aromatic carbocycles. The van der Waals surface area contributed by atoms with Crippen molar-refractivity contribution in [2.45, 2.75) is 65.7 Å². The first-order valence-corrected chi connectivity index (χ1v) is 13.6. The van der Waals surface area contributed by atoms with Crippen molar-refractivity contribution in [2.24, 2.45) is 17.8 Å². The van der Waals surface area contributed by atoms with Crippen molar-refractivity contribution >= 4 is 22.7 Å². The van der Waals surface area contributed by atoms with Crippen molar-refractivity contribution in [3.8, 4) is 5.75 Å². The molecule has 1 heterocycles. The molecule has 0 spiro atoms. The van der Waals surface area contributed by atoms with Crippen LogP contribution in [0.25, 0.3) is 10.9 Å². The zero-order valence-electron chi connectivity index (χ0n) is 23.1. The number of fused-ring (bicyclic) bond motifs is 1. The van der Waals surface area contributed by atoms with Gasteiger partial charge in [-0.3, -0.25) is 0 Å². The van der Waals surface area contributed by atoms with E-state index in [1.165, 1.54) is 38.5 Å². The Labute approximate surface area is 222 Å². The predicted molar refractivity (Wildman–Crippen MR) is 151 cm³/mol. The lowest BCUT2D eigenvalue weighted by molar-refractivity contribution is -0.139. The SMILES string of the molecule is CC1CCC(CCC(C)Cc2ccccc2OCC(=O)O)CC1.Cc1nc(N(C)C)c2ccccc2n1. The van der Waals surface area contributed by atoms with Crippen LogP contribution < -0.4 is 9.64 Å². The maximum Gasteiger partial charge on any atom is 0.341 e. The molecule has 1 aromatic heterocycles. The number of carboxylic acids is 1. The largest absolute Gasteiger partial charge is 0.482 e. The van der Waals surface area contributed by atoms with E-state index in [1.807, 2.05) is 68.4 Å². The number of ether oxygens (including phenoxy) is 1. The normalized spacial score (nSPS) is 18.0. The quantitative estimate of drug-likeness (QED) is 0.339. The number of para-hydroxylation sites is 2. The van der Waals surface area contributed by atoms with Crippen LogP contribution in [-0.2, 0) is 11.2 Å². The Kier molecular flexibility index (Phi) is 10.7. The summed E-state index contributed by atoms with van der Waals surface area (Å²) in [7, 11) is 3.99. The molecule has 1 fully saturated rings. The van der Waals surface area contributed by atoms with Gasteiger partial charge in [-0.2, -0.15) is 0 Å². The highest BCUT2D eigenvalue weighted by Crippen LogP contribution is 2.33. The molecule has 6 nitrogen and oxygen atoms in total. The summed E-state index contributed by atoms with van der Waals surface area (Å²) in [5.74, 6) is 4.01. The summed E-state index contributed by atoms with van der Waals surface area (Å²) < 4.78 is 5.41. The van der Waals surface area contributed by atoms with Gasteiger partial charge in [0.2, 0.25) is 0 Å². The van der Waals surface area contributed by atoms with Gasteiger partial charge in [0.1, 0.15) is 17.4 Å². The smallest absolute Gasteiger partial charge is 0.341 e. The zero-order valence-corrected chi connectivity index (χ0v) is 23.1. The van der Waals surface area contributed by atoms with Crippen LogP contribution >= 0.6 is 0 Å². The number of aliphatic carboxylic acids is 1. The molecule has 1 aliphatic rings. The fourth-order valence-electron chi connectivity index (χ4n) is 5.08. The third-order valence-corrected chi connectivity index (χ3v) is 7.21. The number of benzene rings is 2. The van der Waals surface area contributed by atoms with Crippen LogP contribution in [-0.4, -0.2) is 41.7 Å². The number of carbonyl (C=O) groups is 1. The van der Waals surface area contributed by atoms with Gasteiger partial charge in [-0.15, -0.1) is 0 Å². The molecule has 37 heavy (non-hydrogen) atoms. The minimum atomic E-state index is -0.931. The monoisotopic (exact) mass is 505 g/mol. The molecule has 1 unspecified atom stereocenters. The van der Waals surface area contributed by atoms with Crippen LogP contribution in [0.5, 0.6) is 5.75 Å². The highest BCUT2D eigenvalue weighted by atomic mass is 16.5. The van der Waals surface area contributed by atoms with Gasteiger partial charge in [-0.05, 0) is 54.9 Å². The maximum absolute atomic E-state index is 10.7. The highest BCUT2D eigenvalue weighted by molar-refractivity contribution is 5.89. The standard InChI is InChI=1S/C20H30O3.C11H13N3/c1-15-7-10-17(11-8-15)12-9-16(2)13-18-5-3-4-6-19(18)23-14-20(21)22;1-8-12-10-7-5-4-6-9(10)11(13-8)14(2)3/h3-6,15-17H,7-14H2,1-2H3,(H,21,22);4-7H,1-3H3. The van der Waals surface area contributed by atoms with E-state index >= 15 is 0 Å². The van der Waals surface area contributed by atoms with Gasteiger partial charge in [-0.1, -0.05) is 82.7 Å². The van der Waals surface area contributed by atoms with Crippen molar-refractivity contribution in [1.82, 2.24) is 9.97 Å². The zero-order chi connectivity index (χ0) is 26.8. The molecular formula is C31H43N3O3. The number of nitrogens with zero attached hydrogens (tertiary/aromatic N) is 3. The molecule has 3 aromatic rings. The van der Waals surface area contributed by atoms with Crippen LogP contribution in [0.2, 0.25) is 0 Å². The first-order chi connectivity index (χ1) is 17.7. The minimum Gasteiger partial charge on any atom is -0.482 e. The third kappa shape index (κ3) is 9.03. The molecule has 200 valence electrons. The van der Waals surface area contributed by atoms with Crippen molar-refractivity contribution < 1.29 is 14.6 Å². The molecule has 6 heteroatoms. The Bertz CT molecular complexity index is 1140. The lowest BCUT2D eigenvalue weighted by Crippen LogP contribution is -2.14. The Morgan fingerprint density at radius 2 is 1.73 bits per heavy atom. The van der Waals surface area contributed by atoms with E-state index in [-0.39, 0.29) is 6.61 Å². The summed E-state index contributed by atoms with van der Waals surface area (Å²) in [6.45, 7) is 6.30. The summed E-state index contributed by atoms with van der Waals surface area (Å²) in [6, 6.07) is 15.9. The predicted octanol–water partition coefficient (Wildman–Crippen LogP) is 6.94. The van der Waals surface area contributed by atoms with Crippen LogP contribution in [0, 0.1) is 24.7 Å². The fourth-order valence-corrected chi connectivity index (χ4v) is 5.08. The fraction of sp³-hybridized carbons (Fsp3) is 0.516. The first kappa shape index (κ1) is 28.4. The van der Waals surface area contributed by atoms with Gasteiger partial charge >= 0.3 is 5.97 Å². The van der Waals surface area contributed by atoms with E-state index in [2.05, 4.69) is 29.9 Å². The Morgan fingerprint density at radius 3 is 2.43 bits per heavy atom. The molecule has 1 saturated carbocycles. The average molecular weight is 506 g/mol. The van der Waals surface area contributed by atoms with Crippen molar-refractivity contribution in [1.29, 1.82) is 0 Å². The molecule has 1 atom stereocenters. The average Bonchev–Trinajstić information content (AvgIpc) is 2.87. The number of aryl methyl sites for hydroxylation is 1.